The number of carbonyl (C=O) groups is 1. The maximum atomic E-state index is 12.5. The van der Waals surface area contributed by atoms with Crippen molar-refractivity contribution in [2.24, 2.45) is 0 Å². The third kappa shape index (κ3) is 3.13. The molecule has 5 nitrogen and oxygen atoms in total. The highest BCUT2D eigenvalue weighted by Crippen LogP contribution is 2.35. The zero-order chi connectivity index (χ0) is 19.5. The van der Waals surface area contributed by atoms with Gasteiger partial charge in [-0.15, -0.1) is 0 Å². The van der Waals surface area contributed by atoms with Gasteiger partial charge in [-0.25, -0.2) is 9.78 Å². The highest BCUT2D eigenvalue weighted by Gasteiger charge is 2.20. The summed E-state index contributed by atoms with van der Waals surface area (Å²) in [5.74, 6) is -0.403. The number of fused-ring (bicyclic) bond motifs is 3. The largest absolute Gasteiger partial charge is 0.461 e. The van der Waals surface area contributed by atoms with Crippen LogP contribution in [0.3, 0.4) is 0 Å². The predicted molar refractivity (Wildman–Crippen MR) is 111 cm³/mol. The van der Waals surface area contributed by atoms with E-state index in [0.717, 1.165) is 52.4 Å². The quantitative estimate of drug-likeness (QED) is 0.434. The van der Waals surface area contributed by atoms with Crippen LogP contribution < -0.4 is 0 Å². The molecule has 0 aliphatic heterocycles. The van der Waals surface area contributed by atoms with Crippen molar-refractivity contribution in [3.63, 3.8) is 0 Å². The minimum atomic E-state index is -0.403. The Balaban J connectivity index is 2.09. The number of aryl methyl sites for hydroxylation is 1. The van der Waals surface area contributed by atoms with E-state index in [1.807, 2.05) is 30.3 Å². The molecule has 142 valence electrons. The van der Waals surface area contributed by atoms with Crippen molar-refractivity contribution in [2.45, 2.75) is 33.2 Å². The summed E-state index contributed by atoms with van der Waals surface area (Å²) in [6, 6.07) is 14.0. The van der Waals surface area contributed by atoms with Crippen LogP contribution in [-0.2, 0) is 11.3 Å². The Morgan fingerprint density at radius 2 is 1.96 bits per heavy atom. The van der Waals surface area contributed by atoms with E-state index in [4.69, 9.17) is 9.72 Å². The molecule has 0 aliphatic rings. The van der Waals surface area contributed by atoms with Gasteiger partial charge >= 0.3 is 5.97 Å². The van der Waals surface area contributed by atoms with Gasteiger partial charge in [-0.05, 0) is 37.6 Å². The van der Waals surface area contributed by atoms with Gasteiger partial charge in [0, 0.05) is 40.8 Å². The molecule has 3 aromatic heterocycles. The van der Waals surface area contributed by atoms with Gasteiger partial charge in [0.15, 0.2) is 0 Å². The Hall–Kier alpha value is -3.21. The van der Waals surface area contributed by atoms with E-state index in [1.165, 1.54) is 0 Å². The minimum Gasteiger partial charge on any atom is -0.461 e. The Bertz CT molecular complexity index is 1130. The van der Waals surface area contributed by atoms with Crippen LogP contribution in [0, 0.1) is 0 Å². The normalized spacial score (nSPS) is 11.2. The van der Waals surface area contributed by atoms with Crippen LogP contribution in [-0.4, -0.2) is 27.1 Å². The third-order valence-electron chi connectivity index (χ3n) is 4.90. The average molecular weight is 373 g/mol. The summed E-state index contributed by atoms with van der Waals surface area (Å²) < 4.78 is 7.55. The zero-order valence-corrected chi connectivity index (χ0v) is 16.2. The van der Waals surface area contributed by atoms with Gasteiger partial charge in [-0.3, -0.25) is 4.98 Å². The highest BCUT2D eigenvalue weighted by molar-refractivity contribution is 6.13. The fourth-order valence-electron chi connectivity index (χ4n) is 3.64. The van der Waals surface area contributed by atoms with Gasteiger partial charge in [-0.2, -0.15) is 0 Å². The fourth-order valence-corrected chi connectivity index (χ4v) is 3.64. The first kappa shape index (κ1) is 18.2. The molecule has 0 radical (unpaired) electrons. The lowest BCUT2D eigenvalue weighted by Gasteiger charge is -2.11. The first-order chi connectivity index (χ1) is 13.7. The van der Waals surface area contributed by atoms with Gasteiger partial charge in [-0.1, -0.05) is 31.5 Å². The van der Waals surface area contributed by atoms with Crippen molar-refractivity contribution in [3.8, 4) is 11.3 Å². The van der Waals surface area contributed by atoms with Crippen LogP contribution in [0.2, 0.25) is 0 Å². The van der Waals surface area contributed by atoms with Crippen LogP contribution in [0.25, 0.3) is 33.1 Å². The number of nitrogens with zero attached hydrogens (tertiary/aromatic N) is 3. The first-order valence-electron chi connectivity index (χ1n) is 9.74. The minimum absolute atomic E-state index is 0.318. The molecule has 0 fully saturated rings. The van der Waals surface area contributed by atoms with Crippen molar-refractivity contribution in [1.29, 1.82) is 0 Å². The third-order valence-corrected chi connectivity index (χ3v) is 4.90. The second kappa shape index (κ2) is 7.80. The number of rotatable bonds is 6. The number of unbranched alkanes of at least 4 members (excludes halogenated alkanes) is 1. The maximum absolute atomic E-state index is 12.5. The molecule has 0 spiro atoms. The van der Waals surface area contributed by atoms with Gasteiger partial charge in [0.1, 0.15) is 5.69 Å². The van der Waals surface area contributed by atoms with Gasteiger partial charge in [0.25, 0.3) is 0 Å². The molecule has 0 bridgehead atoms. The molecule has 0 unspecified atom stereocenters. The molecule has 0 aliphatic carbocycles. The van der Waals surface area contributed by atoms with E-state index >= 15 is 0 Å². The van der Waals surface area contributed by atoms with E-state index in [0.29, 0.717) is 12.3 Å². The number of esters is 1. The Labute approximate surface area is 164 Å². The van der Waals surface area contributed by atoms with Crippen molar-refractivity contribution < 1.29 is 9.53 Å². The number of aromatic nitrogens is 3. The number of hydrogen-bond donors (Lipinski definition) is 0. The molecular weight excluding hydrogens is 350 g/mol. The Morgan fingerprint density at radius 3 is 2.71 bits per heavy atom. The molecule has 0 amide bonds. The average Bonchev–Trinajstić information content (AvgIpc) is 3.06. The van der Waals surface area contributed by atoms with Crippen molar-refractivity contribution in [1.82, 2.24) is 14.5 Å². The topological polar surface area (TPSA) is 57.0 Å². The highest BCUT2D eigenvalue weighted by atomic mass is 16.5. The molecule has 4 aromatic rings. The van der Waals surface area contributed by atoms with Crippen molar-refractivity contribution >= 4 is 27.8 Å². The molecule has 4 rings (SSSR count). The van der Waals surface area contributed by atoms with Gasteiger partial charge in [0.05, 0.1) is 17.8 Å². The monoisotopic (exact) mass is 373 g/mol. The summed E-state index contributed by atoms with van der Waals surface area (Å²) in [5.41, 5.74) is 4.17. The second-order valence-corrected chi connectivity index (χ2v) is 6.74. The van der Waals surface area contributed by atoms with E-state index in [1.54, 1.807) is 19.3 Å². The number of pyridine rings is 2. The molecule has 3 heterocycles. The lowest BCUT2D eigenvalue weighted by atomic mass is 10.1. The lowest BCUT2D eigenvalue weighted by molar-refractivity contribution is 0.0520. The Kier molecular flexibility index (Phi) is 5.06. The summed E-state index contributed by atoms with van der Waals surface area (Å²) in [6.45, 7) is 5.20. The van der Waals surface area contributed by atoms with Crippen molar-refractivity contribution in [2.75, 3.05) is 6.61 Å². The van der Waals surface area contributed by atoms with Crippen molar-refractivity contribution in [3.05, 3.63) is 60.6 Å². The Morgan fingerprint density at radius 1 is 1.11 bits per heavy atom. The molecule has 0 saturated carbocycles. The summed E-state index contributed by atoms with van der Waals surface area (Å²) in [5, 5.41) is 2.13. The number of carbonyl (C=O) groups excluding carboxylic acids is 1. The second-order valence-electron chi connectivity index (χ2n) is 6.74. The van der Waals surface area contributed by atoms with E-state index in [-0.39, 0.29) is 0 Å². The van der Waals surface area contributed by atoms with E-state index < -0.39 is 5.97 Å². The summed E-state index contributed by atoms with van der Waals surface area (Å²) in [6.07, 6.45) is 5.70. The van der Waals surface area contributed by atoms with Crippen LogP contribution in [0.4, 0.5) is 0 Å². The number of hydrogen-bond acceptors (Lipinski definition) is 4. The van der Waals surface area contributed by atoms with Crippen LogP contribution in [0.15, 0.2) is 54.9 Å². The van der Waals surface area contributed by atoms with Crippen LogP contribution in [0.5, 0.6) is 0 Å². The smallest absolute Gasteiger partial charge is 0.356 e. The maximum Gasteiger partial charge on any atom is 0.356 e. The summed E-state index contributed by atoms with van der Waals surface area (Å²) >= 11 is 0. The lowest BCUT2D eigenvalue weighted by Crippen LogP contribution is -2.09. The zero-order valence-electron chi connectivity index (χ0n) is 16.2. The molecule has 5 heteroatoms. The summed E-state index contributed by atoms with van der Waals surface area (Å²) in [7, 11) is 0. The predicted octanol–water partition coefficient (Wildman–Crippen LogP) is 5.23. The summed E-state index contributed by atoms with van der Waals surface area (Å²) in [4.78, 5) is 21.5. The first-order valence-corrected chi connectivity index (χ1v) is 9.74. The fraction of sp³-hybridized carbons (Fsp3) is 0.261. The van der Waals surface area contributed by atoms with Gasteiger partial charge < -0.3 is 9.30 Å². The number of benzene rings is 1. The SMILES string of the molecule is CCCCn1c2ccccc2c2cc(C(=O)OCC)nc(-c3cccnc3)c21. The van der Waals surface area contributed by atoms with Crippen LogP contribution >= 0.6 is 0 Å². The molecule has 1 aromatic carbocycles. The van der Waals surface area contributed by atoms with Crippen LogP contribution in [0.1, 0.15) is 37.2 Å². The van der Waals surface area contributed by atoms with Gasteiger partial charge in [0.2, 0.25) is 0 Å². The van der Waals surface area contributed by atoms with E-state index in [2.05, 4.69) is 28.6 Å². The standard InChI is InChI=1S/C23H23N3O2/c1-3-5-13-26-20-11-7-6-10-17(20)18-14-19(23(27)28-4-2)25-21(22(18)26)16-9-8-12-24-15-16/h6-12,14-15H,3-5,13H2,1-2H3. The molecule has 0 atom stereocenters. The number of para-hydroxylation sites is 1. The molecule has 28 heavy (non-hydrogen) atoms. The molecule has 0 N–H and O–H groups in total. The molecule has 0 saturated heterocycles. The number of ether oxygens (including phenoxy) is 1. The molecular formula is C23H23N3O2. The van der Waals surface area contributed by atoms with E-state index in [9.17, 15) is 4.79 Å².